The Bertz CT molecular complexity index is 1020. The maximum absolute atomic E-state index is 12.2. The number of rotatable bonds is 9. The Kier molecular flexibility index (Phi) is 12.3. The predicted molar refractivity (Wildman–Crippen MR) is 167 cm³/mol. The van der Waals surface area contributed by atoms with Crippen molar-refractivity contribution in [3.05, 3.63) is 30.3 Å². The first-order valence-electron chi connectivity index (χ1n) is 13.9. The first-order chi connectivity index (χ1) is 19.1. The molecular formula is C29H45IO9SeSi. The number of hydrogen-bond acceptors (Lipinski definition) is 9. The van der Waals surface area contributed by atoms with Gasteiger partial charge in [0, 0.05) is 0 Å². The van der Waals surface area contributed by atoms with Crippen LogP contribution in [0.4, 0.5) is 0 Å². The van der Waals surface area contributed by atoms with Gasteiger partial charge in [0.1, 0.15) is 0 Å². The zero-order valence-electron chi connectivity index (χ0n) is 25.6. The van der Waals surface area contributed by atoms with Crippen molar-refractivity contribution in [1.29, 1.82) is 0 Å². The molecule has 0 saturated carbocycles. The van der Waals surface area contributed by atoms with Crippen LogP contribution in [0.15, 0.2) is 30.3 Å². The first kappa shape index (κ1) is 34.9. The first-order valence-corrected chi connectivity index (χ1v) is 19.9. The van der Waals surface area contributed by atoms with E-state index in [1.165, 1.54) is 13.8 Å². The molecule has 41 heavy (non-hydrogen) atoms. The van der Waals surface area contributed by atoms with Crippen LogP contribution in [0.25, 0.3) is 0 Å². The Morgan fingerprint density at radius 2 is 1.44 bits per heavy atom. The van der Waals surface area contributed by atoms with Gasteiger partial charge in [-0.3, -0.25) is 0 Å². The average Bonchev–Trinajstić information content (AvgIpc) is 2.86. The summed E-state index contributed by atoms with van der Waals surface area (Å²) >= 11 is 2.07. The molecule has 2 aliphatic heterocycles. The van der Waals surface area contributed by atoms with Crippen molar-refractivity contribution in [2.24, 2.45) is 0 Å². The zero-order valence-corrected chi connectivity index (χ0v) is 30.5. The second-order valence-corrected chi connectivity index (χ2v) is 20.9. The number of carbonyl (C=O) groups is 2. The van der Waals surface area contributed by atoms with Crippen LogP contribution in [0.3, 0.4) is 0 Å². The van der Waals surface area contributed by atoms with Gasteiger partial charge in [0.25, 0.3) is 0 Å². The van der Waals surface area contributed by atoms with Gasteiger partial charge in [-0.15, -0.1) is 0 Å². The second kappa shape index (κ2) is 14.5. The minimum atomic E-state index is -2.18. The van der Waals surface area contributed by atoms with Gasteiger partial charge in [-0.05, 0) is 0 Å². The summed E-state index contributed by atoms with van der Waals surface area (Å²) in [6, 6.07) is 9.92. The molecule has 0 radical (unpaired) electrons. The van der Waals surface area contributed by atoms with E-state index < -0.39 is 56.0 Å². The van der Waals surface area contributed by atoms with E-state index in [0.717, 1.165) is 4.46 Å². The van der Waals surface area contributed by atoms with Crippen LogP contribution in [0, 0.1) is 0 Å². The summed E-state index contributed by atoms with van der Waals surface area (Å²) in [6.07, 6.45) is -4.48. The third-order valence-corrected chi connectivity index (χ3v) is 16.3. The summed E-state index contributed by atoms with van der Waals surface area (Å²) in [5.41, 5.74) is 0. The Hall–Kier alpha value is -0.574. The van der Waals surface area contributed by atoms with E-state index in [0.29, 0.717) is 0 Å². The quantitative estimate of drug-likeness (QED) is 0.157. The number of benzene rings is 1. The molecule has 1 aromatic carbocycles. The molecule has 0 amide bonds. The van der Waals surface area contributed by atoms with Crippen LogP contribution in [-0.4, -0.2) is 95.5 Å². The Labute approximate surface area is 265 Å². The minimum absolute atomic E-state index is 0.00331. The van der Waals surface area contributed by atoms with Gasteiger partial charge in [-0.2, -0.15) is 0 Å². The van der Waals surface area contributed by atoms with Gasteiger partial charge in [0.15, 0.2) is 0 Å². The molecule has 10 atom stereocenters. The summed E-state index contributed by atoms with van der Waals surface area (Å²) in [4.78, 5) is 23.9. The van der Waals surface area contributed by atoms with Crippen LogP contribution < -0.4 is 4.46 Å². The van der Waals surface area contributed by atoms with E-state index in [1.54, 1.807) is 14.0 Å². The number of methoxy groups -OCH3 is 1. The van der Waals surface area contributed by atoms with Gasteiger partial charge in [0.2, 0.25) is 0 Å². The zero-order chi connectivity index (χ0) is 30.7. The van der Waals surface area contributed by atoms with Crippen molar-refractivity contribution in [2.75, 3.05) is 7.11 Å². The van der Waals surface area contributed by atoms with Crippen molar-refractivity contribution in [1.82, 2.24) is 0 Å². The number of hydrogen-bond donors (Lipinski definition) is 0. The van der Waals surface area contributed by atoms with Gasteiger partial charge in [-0.1, -0.05) is 0 Å². The van der Waals surface area contributed by atoms with E-state index in [2.05, 4.69) is 56.5 Å². The number of ether oxygens (including phenoxy) is 6. The van der Waals surface area contributed by atoms with E-state index in [4.69, 9.17) is 32.8 Å². The fourth-order valence-electron chi connectivity index (χ4n) is 4.73. The molecule has 2 saturated heterocycles. The van der Waals surface area contributed by atoms with Gasteiger partial charge in [-0.25, -0.2) is 0 Å². The van der Waals surface area contributed by atoms with Crippen molar-refractivity contribution in [3.63, 3.8) is 0 Å². The van der Waals surface area contributed by atoms with Crippen molar-refractivity contribution >= 4 is 62.3 Å². The summed E-state index contributed by atoms with van der Waals surface area (Å²) in [7, 11) is -0.507. The molecule has 0 N–H and O–H groups in total. The molecule has 0 aliphatic carbocycles. The summed E-state index contributed by atoms with van der Waals surface area (Å²) in [6.45, 7) is 17.5. The molecule has 12 heteroatoms. The van der Waals surface area contributed by atoms with Gasteiger partial charge >= 0.3 is 267 Å². The molecular weight excluding hydrogens is 726 g/mol. The van der Waals surface area contributed by atoms with E-state index in [1.807, 2.05) is 37.3 Å². The standard InChI is InChI=1S/C29H45IO9SeSi/c1-16-22(33-8)24(39-41(9,10)29(5,6)7)21(30)27(34-16)38-25-23(36-18(3)31)17(2)35-28(37-19(4)32)26(25)40-20-14-12-11-13-15-20/h11-17,21-28H,1-10H3/t16-,17-,21+,22+,23+,24-,25+,26-,27-,28+/m1/s1. The van der Waals surface area contributed by atoms with E-state index in [-0.39, 0.29) is 42.2 Å². The molecule has 232 valence electrons. The van der Waals surface area contributed by atoms with Crippen molar-refractivity contribution in [3.8, 4) is 0 Å². The van der Waals surface area contributed by atoms with Gasteiger partial charge in [0.05, 0.1) is 0 Å². The second-order valence-electron chi connectivity index (χ2n) is 12.1. The molecule has 2 aliphatic rings. The molecule has 0 spiro atoms. The number of esters is 2. The SMILES string of the molecule is CO[C@@H]1[C@H](O[Si](C)(C)C(C)(C)C)[C@H](I)[C@@H](O[C@H]2[C@@H](OC(C)=O)[C@@H](C)O[C@@H](OC(C)=O)[C@@H]2[Se]c2ccccc2)O[C@@H]1C. The number of carbonyl (C=O) groups excluding carboxylic acids is 2. The number of halogens is 1. The summed E-state index contributed by atoms with van der Waals surface area (Å²) in [5.74, 6) is -0.903. The summed E-state index contributed by atoms with van der Waals surface area (Å²) in [5, 5.41) is -0.00331. The third-order valence-electron chi connectivity index (χ3n) is 7.84. The molecule has 2 fully saturated rings. The van der Waals surface area contributed by atoms with Crippen molar-refractivity contribution < 1.29 is 42.4 Å². The van der Waals surface area contributed by atoms with Crippen LogP contribution in [0.1, 0.15) is 48.5 Å². The van der Waals surface area contributed by atoms with Crippen LogP contribution in [0.5, 0.6) is 0 Å². The van der Waals surface area contributed by atoms with Crippen molar-refractivity contribution in [2.45, 2.75) is 125 Å². The van der Waals surface area contributed by atoms with E-state index >= 15 is 0 Å². The molecule has 2 heterocycles. The topological polar surface area (TPSA) is 98.8 Å². The fraction of sp³-hybridized carbons (Fsp3) is 0.724. The molecule has 9 nitrogen and oxygen atoms in total. The van der Waals surface area contributed by atoms with Crippen LogP contribution in [-0.2, 0) is 42.4 Å². The maximum atomic E-state index is 12.2. The third kappa shape index (κ3) is 8.75. The predicted octanol–water partition coefficient (Wildman–Crippen LogP) is 4.38. The molecule has 3 rings (SSSR count). The fourth-order valence-corrected chi connectivity index (χ4v) is 9.76. The summed E-state index contributed by atoms with van der Waals surface area (Å²) < 4.78 is 44.6. The van der Waals surface area contributed by atoms with Crippen LogP contribution >= 0.6 is 22.6 Å². The Balaban J connectivity index is 2.00. The average molecular weight is 772 g/mol. The monoisotopic (exact) mass is 772 g/mol. The molecule has 0 unspecified atom stereocenters. The molecule has 0 bridgehead atoms. The van der Waals surface area contributed by atoms with Crippen LogP contribution in [0.2, 0.25) is 22.9 Å². The molecule has 0 aromatic heterocycles. The van der Waals surface area contributed by atoms with Gasteiger partial charge < -0.3 is 0 Å². The van der Waals surface area contributed by atoms with E-state index in [9.17, 15) is 9.59 Å². The number of alkyl halides is 1. The Morgan fingerprint density at radius 3 is 1.98 bits per heavy atom. The Morgan fingerprint density at radius 1 is 0.878 bits per heavy atom. The molecule has 1 aromatic rings. The normalized spacial score (nSPS) is 34.6.